The molecule has 0 spiro atoms. The molecule has 0 aliphatic heterocycles. The van der Waals surface area contributed by atoms with Crippen LogP contribution < -0.4 is 10.5 Å². The monoisotopic (exact) mass is 323 g/mol. The molecule has 100 valence electrons. The first-order valence-corrected chi connectivity index (χ1v) is 6.76. The summed E-state index contributed by atoms with van der Waals surface area (Å²) >= 11 is 3.39. The van der Waals surface area contributed by atoms with Crippen molar-refractivity contribution < 1.29 is 9.13 Å². The molecule has 0 atom stereocenters. The molecule has 0 aliphatic rings. The largest absolute Gasteiger partial charge is 0.489 e. The lowest BCUT2D eigenvalue weighted by atomic mass is 10.1. The lowest BCUT2D eigenvalue weighted by Crippen LogP contribution is -2.02. The minimum absolute atomic E-state index is 0.207. The first kappa shape index (κ1) is 14.0. The Bertz CT molecular complexity index is 586. The quantitative estimate of drug-likeness (QED) is 0.925. The molecule has 0 saturated carbocycles. The Labute approximate surface area is 120 Å². The lowest BCUT2D eigenvalue weighted by molar-refractivity contribution is 0.297. The van der Waals surface area contributed by atoms with Crippen LogP contribution in [0, 0.1) is 12.7 Å². The molecular formula is C15H15BrFNO. The Morgan fingerprint density at radius 3 is 2.63 bits per heavy atom. The van der Waals surface area contributed by atoms with Crippen molar-refractivity contribution in [2.24, 2.45) is 5.73 Å². The Balaban J connectivity index is 2.10. The van der Waals surface area contributed by atoms with Crippen molar-refractivity contribution in [3.63, 3.8) is 0 Å². The van der Waals surface area contributed by atoms with Gasteiger partial charge in [-0.25, -0.2) is 4.39 Å². The summed E-state index contributed by atoms with van der Waals surface area (Å²) < 4.78 is 20.4. The van der Waals surface area contributed by atoms with E-state index in [0.717, 1.165) is 21.3 Å². The molecule has 0 amide bonds. The van der Waals surface area contributed by atoms with Gasteiger partial charge in [0.1, 0.15) is 18.2 Å². The molecule has 0 unspecified atom stereocenters. The number of aryl methyl sites for hydroxylation is 1. The minimum Gasteiger partial charge on any atom is -0.489 e. The first-order chi connectivity index (χ1) is 9.10. The summed E-state index contributed by atoms with van der Waals surface area (Å²) in [6, 6.07) is 10.7. The third kappa shape index (κ3) is 3.55. The van der Waals surface area contributed by atoms with Gasteiger partial charge < -0.3 is 10.5 Å². The minimum atomic E-state index is -0.280. The van der Waals surface area contributed by atoms with Gasteiger partial charge in [0.2, 0.25) is 0 Å². The highest BCUT2D eigenvalue weighted by Gasteiger charge is 2.06. The standard InChI is InChI=1S/C15H15BrFNO/c1-10-6-13(16)4-5-15(10)19-9-12-3-2-11(8-18)7-14(12)17/h2-7H,8-9,18H2,1H3. The van der Waals surface area contributed by atoms with Crippen LogP contribution in [-0.2, 0) is 13.2 Å². The molecule has 0 fully saturated rings. The van der Waals surface area contributed by atoms with Crippen LogP contribution in [-0.4, -0.2) is 0 Å². The van der Waals surface area contributed by atoms with E-state index >= 15 is 0 Å². The van der Waals surface area contributed by atoms with Crippen LogP contribution >= 0.6 is 15.9 Å². The van der Waals surface area contributed by atoms with E-state index in [1.165, 1.54) is 6.07 Å². The molecular weight excluding hydrogens is 309 g/mol. The number of rotatable bonds is 4. The highest BCUT2D eigenvalue weighted by molar-refractivity contribution is 9.10. The summed E-state index contributed by atoms with van der Waals surface area (Å²) in [6.07, 6.45) is 0. The number of nitrogens with two attached hydrogens (primary N) is 1. The van der Waals surface area contributed by atoms with Gasteiger partial charge in [0, 0.05) is 16.6 Å². The number of benzene rings is 2. The number of hydrogen-bond donors (Lipinski definition) is 1. The zero-order valence-electron chi connectivity index (χ0n) is 10.6. The molecule has 0 aliphatic carbocycles. The SMILES string of the molecule is Cc1cc(Br)ccc1OCc1ccc(CN)cc1F. The van der Waals surface area contributed by atoms with Gasteiger partial charge in [-0.05, 0) is 42.3 Å². The van der Waals surface area contributed by atoms with Gasteiger partial charge in [-0.3, -0.25) is 0 Å². The van der Waals surface area contributed by atoms with E-state index in [4.69, 9.17) is 10.5 Å². The summed E-state index contributed by atoms with van der Waals surface area (Å²) in [5.74, 6) is 0.475. The van der Waals surface area contributed by atoms with Gasteiger partial charge in [-0.1, -0.05) is 28.1 Å². The molecule has 2 aromatic carbocycles. The maximum absolute atomic E-state index is 13.8. The Hall–Kier alpha value is -1.39. The Morgan fingerprint density at radius 1 is 1.21 bits per heavy atom. The van der Waals surface area contributed by atoms with E-state index < -0.39 is 0 Å². The van der Waals surface area contributed by atoms with Crippen LogP contribution in [0.4, 0.5) is 4.39 Å². The summed E-state index contributed by atoms with van der Waals surface area (Å²) in [7, 11) is 0. The lowest BCUT2D eigenvalue weighted by Gasteiger charge is -2.10. The van der Waals surface area contributed by atoms with Crippen LogP contribution in [0.25, 0.3) is 0 Å². The summed E-state index contributed by atoms with van der Waals surface area (Å²) in [4.78, 5) is 0. The summed E-state index contributed by atoms with van der Waals surface area (Å²) in [5.41, 5.74) is 7.78. The van der Waals surface area contributed by atoms with Crippen molar-refractivity contribution in [2.45, 2.75) is 20.1 Å². The molecule has 2 rings (SSSR count). The van der Waals surface area contributed by atoms with Gasteiger partial charge in [0.15, 0.2) is 0 Å². The fourth-order valence-corrected chi connectivity index (χ4v) is 2.24. The van der Waals surface area contributed by atoms with Crippen molar-refractivity contribution in [1.29, 1.82) is 0 Å². The molecule has 0 aromatic heterocycles. The maximum atomic E-state index is 13.8. The smallest absolute Gasteiger partial charge is 0.130 e. The molecule has 2 N–H and O–H groups in total. The average Bonchev–Trinajstić information content (AvgIpc) is 2.39. The highest BCUT2D eigenvalue weighted by atomic mass is 79.9. The zero-order valence-corrected chi connectivity index (χ0v) is 12.2. The normalized spacial score (nSPS) is 10.5. The molecule has 0 saturated heterocycles. The van der Waals surface area contributed by atoms with Gasteiger partial charge in [-0.15, -0.1) is 0 Å². The van der Waals surface area contributed by atoms with E-state index in [0.29, 0.717) is 12.1 Å². The van der Waals surface area contributed by atoms with Crippen LogP contribution in [0.2, 0.25) is 0 Å². The van der Waals surface area contributed by atoms with Gasteiger partial charge in [0.25, 0.3) is 0 Å². The molecule has 0 bridgehead atoms. The van der Waals surface area contributed by atoms with Crippen molar-refractivity contribution in [3.8, 4) is 5.75 Å². The predicted molar refractivity (Wildman–Crippen MR) is 77.5 cm³/mol. The van der Waals surface area contributed by atoms with Crippen molar-refractivity contribution in [2.75, 3.05) is 0 Å². The third-order valence-corrected chi connectivity index (χ3v) is 3.37. The number of halogens is 2. The van der Waals surface area contributed by atoms with E-state index in [9.17, 15) is 4.39 Å². The van der Waals surface area contributed by atoms with Crippen LogP contribution in [0.15, 0.2) is 40.9 Å². The Morgan fingerprint density at radius 2 is 2.00 bits per heavy atom. The zero-order chi connectivity index (χ0) is 13.8. The predicted octanol–water partition coefficient (Wildman–Crippen LogP) is 3.93. The van der Waals surface area contributed by atoms with Gasteiger partial charge in [0.05, 0.1) is 0 Å². The molecule has 0 heterocycles. The van der Waals surface area contributed by atoms with Crippen molar-refractivity contribution in [1.82, 2.24) is 0 Å². The fourth-order valence-electron chi connectivity index (χ4n) is 1.77. The molecule has 0 radical (unpaired) electrons. The van der Waals surface area contributed by atoms with Crippen LogP contribution in [0.1, 0.15) is 16.7 Å². The van der Waals surface area contributed by atoms with Crippen LogP contribution in [0.5, 0.6) is 5.75 Å². The fraction of sp³-hybridized carbons (Fsp3) is 0.200. The van der Waals surface area contributed by atoms with Crippen LogP contribution in [0.3, 0.4) is 0 Å². The van der Waals surface area contributed by atoms with Gasteiger partial charge in [-0.2, -0.15) is 0 Å². The second-order valence-electron chi connectivity index (χ2n) is 4.33. The van der Waals surface area contributed by atoms with E-state index in [-0.39, 0.29) is 12.4 Å². The summed E-state index contributed by atoms with van der Waals surface area (Å²) in [5, 5.41) is 0. The van der Waals surface area contributed by atoms with Gasteiger partial charge >= 0.3 is 0 Å². The average molecular weight is 324 g/mol. The molecule has 19 heavy (non-hydrogen) atoms. The maximum Gasteiger partial charge on any atom is 0.130 e. The first-order valence-electron chi connectivity index (χ1n) is 5.96. The number of hydrogen-bond acceptors (Lipinski definition) is 2. The molecule has 2 aromatic rings. The highest BCUT2D eigenvalue weighted by Crippen LogP contribution is 2.23. The molecule has 4 heteroatoms. The second-order valence-corrected chi connectivity index (χ2v) is 5.24. The van der Waals surface area contributed by atoms with E-state index in [1.807, 2.05) is 31.2 Å². The van der Waals surface area contributed by atoms with Crippen molar-refractivity contribution in [3.05, 3.63) is 63.4 Å². The third-order valence-electron chi connectivity index (χ3n) is 2.87. The van der Waals surface area contributed by atoms with Crippen molar-refractivity contribution >= 4 is 15.9 Å². The topological polar surface area (TPSA) is 35.2 Å². The Kier molecular flexibility index (Phi) is 4.56. The van der Waals surface area contributed by atoms with E-state index in [1.54, 1.807) is 6.07 Å². The molecule has 2 nitrogen and oxygen atoms in total. The second kappa shape index (κ2) is 6.17. The van der Waals surface area contributed by atoms with E-state index in [2.05, 4.69) is 15.9 Å². The summed E-state index contributed by atoms with van der Waals surface area (Å²) in [6.45, 7) is 2.50. The number of ether oxygens (including phenoxy) is 1.